The van der Waals surface area contributed by atoms with Crippen molar-refractivity contribution in [3.8, 4) is 17.2 Å². The predicted molar refractivity (Wildman–Crippen MR) is 79.0 cm³/mol. The van der Waals surface area contributed by atoms with Crippen molar-refractivity contribution < 1.29 is 0 Å². The van der Waals surface area contributed by atoms with Gasteiger partial charge in [-0.05, 0) is 52.9 Å². The first-order chi connectivity index (χ1) is 9.10. The molecule has 1 aliphatic carbocycles. The molecule has 1 aliphatic rings. The van der Waals surface area contributed by atoms with E-state index in [2.05, 4.69) is 6.07 Å². The van der Waals surface area contributed by atoms with Gasteiger partial charge in [-0.15, -0.1) is 0 Å². The molecule has 1 unspecified atom stereocenters. The number of benzene rings is 2. The van der Waals surface area contributed by atoms with Gasteiger partial charge < -0.3 is 0 Å². The van der Waals surface area contributed by atoms with E-state index in [0.29, 0.717) is 21.5 Å². The molecule has 0 aliphatic heterocycles. The minimum absolute atomic E-state index is 0.196. The van der Waals surface area contributed by atoms with Crippen LogP contribution in [0.1, 0.15) is 17.0 Å². The summed E-state index contributed by atoms with van der Waals surface area (Å²) in [7, 11) is 0. The molecule has 0 saturated carbocycles. The van der Waals surface area contributed by atoms with Crippen LogP contribution in [0.25, 0.3) is 11.1 Å². The van der Waals surface area contributed by atoms with Gasteiger partial charge in [-0.2, -0.15) is 5.26 Å². The standard InChI is InChI=1S/C15H8Cl3N/c16-10-1-2-11-12(5-10)9(7-19)3-8-4-14(17)15(18)6-13(8)11/h1-2,4-6,9H,3H2. The highest BCUT2D eigenvalue weighted by Crippen LogP contribution is 2.43. The Labute approximate surface area is 126 Å². The molecule has 3 rings (SSSR count). The largest absolute Gasteiger partial charge is 0.198 e. The van der Waals surface area contributed by atoms with Gasteiger partial charge in [0.25, 0.3) is 0 Å². The highest BCUT2D eigenvalue weighted by molar-refractivity contribution is 6.42. The summed E-state index contributed by atoms with van der Waals surface area (Å²) in [5.41, 5.74) is 4.06. The zero-order chi connectivity index (χ0) is 13.6. The normalized spacial score (nSPS) is 16.4. The molecule has 0 aromatic heterocycles. The van der Waals surface area contributed by atoms with Crippen molar-refractivity contribution in [1.29, 1.82) is 5.26 Å². The lowest BCUT2D eigenvalue weighted by molar-refractivity contribution is 0.836. The molecular formula is C15H8Cl3N. The first kappa shape index (κ1) is 12.8. The fourth-order valence-corrected chi connectivity index (χ4v) is 3.05. The fraction of sp³-hybridized carbons (Fsp3) is 0.133. The topological polar surface area (TPSA) is 23.8 Å². The lowest BCUT2D eigenvalue weighted by atomic mass is 9.79. The van der Waals surface area contributed by atoms with Crippen LogP contribution < -0.4 is 0 Å². The second-order valence-corrected chi connectivity index (χ2v) is 5.79. The van der Waals surface area contributed by atoms with E-state index in [1.54, 1.807) is 0 Å². The number of nitriles is 1. The Morgan fingerprint density at radius 3 is 2.47 bits per heavy atom. The number of hydrogen-bond donors (Lipinski definition) is 0. The lowest BCUT2D eigenvalue weighted by Gasteiger charge is -2.24. The van der Waals surface area contributed by atoms with Gasteiger partial charge in [-0.25, -0.2) is 0 Å². The van der Waals surface area contributed by atoms with Gasteiger partial charge in [0, 0.05) is 5.02 Å². The first-order valence-corrected chi connectivity index (χ1v) is 6.91. The van der Waals surface area contributed by atoms with E-state index >= 15 is 0 Å². The summed E-state index contributed by atoms with van der Waals surface area (Å²) < 4.78 is 0. The van der Waals surface area contributed by atoms with Crippen LogP contribution in [-0.2, 0) is 6.42 Å². The second kappa shape index (κ2) is 4.72. The Bertz CT molecular complexity index is 716. The van der Waals surface area contributed by atoms with Gasteiger partial charge in [0.05, 0.1) is 22.0 Å². The third-order valence-electron chi connectivity index (χ3n) is 3.41. The lowest BCUT2D eigenvalue weighted by Crippen LogP contribution is -2.10. The summed E-state index contributed by atoms with van der Waals surface area (Å²) in [6.45, 7) is 0. The van der Waals surface area contributed by atoms with Crippen LogP contribution in [0.15, 0.2) is 30.3 Å². The predicted octanol–water partition coefficient (Wildman–Crippen LogP) is 5.48. The highest BCUT2D eigenvalue weighted by atomic mass is 35.5. The number of hydrogen-bond acceptors (Lipinski definition) is 1. The van der Waals surface area contributed by atoms with Crippen molar-refractivity contribution in [3.05, 3.63) is 56.5 Å². The molecule has 2 aromatic carbocycles. The molecule has 0 N–H and O–H groups in total. The summed E-state index contributed by atoms with van der Waals surface area (Å²) in [5, 5.41) is 11.0. The molecule has 4 heteroatoms. The van der Waals surface area contributed by atoms with Crippen molar-refractivity contribution in [1.82, 2.24) is 0 Å². The maximum atomic E-state index is 9.33. The average molecular weight is 309 g/mol. The van der Waals surface area contributed by atoms with E-state index in [9.17, 15) is 5.26 Å². The SMILES string of the molecule is N#CC1Cc2cc(Cl)c(Cl)cc2-c2ccc(Cl)cc21. The second-order valence-electron chi connectivity index (χ2n) is 4.54. The van der Waals surface area contributed by atoms with Gasteiger partial charge >= 0.3 is 0 Å². The van der Waals surface area contributed by atoms with Gasteiger partial charge in [0.1, 0.15) is 0 Å². The molecule has 0 amide bonds. The summed E-state index contributed by atoms with van der Waals surface area (Å²) >= 11 is 18.2. The zero-order valence-electron chi connectivity index (χ0n) is 9.75. The van der Waals surface area contributed by atoms with Crippen molar-refractivity contribution in [2.24, 2.45) is 0 Å². The smallest absolute Gasteiger partial charge is 0.0759 e. The molecular weight excluding hydrogens is 301 g/mol. The van der Waals surface area contributed by atoms with E-state index in [-0.39, 0.29) is 5.92 Å². The third-order valence-corrected chi connectivity index (χ3v) is 4.36. The minimum atomic E-state index is -0.196. The Balaban J connectivity index is 2.30. The van der Waals surface area contributed by atoms with Gasteiger partial charge in [-0.1, -0.05) is 40.9 Å². The van der Waals surface area contributed by atoms with Gasteiger partial charge in [0.2, 0.25) is 0 Å². The number of nitrogens with zero attached hydrogens (tertiary/aromatic N) is 1. The third kappa shape index (κ3) is 2.11. The maximum Gasteiger partial charge on any atom is 0.0759 e. The fourth-order valence-electron chi connectivity index (χ4n) is 2.52. The van der Waals surface area contributed by atoms with Gasteiger partial charge in [0.15, 0.2) is 0 Å². The van der Waals surface area contributed by atoms with Crippen LogP contribution >= 0.6 is 34.8 Å². The Hall–Kier alpha value is -1.20. The van der Waals surface area contributed by atoms with E-state index in [0.717, 1.165) is 22.3 Å². The zero-order valence-corrected chi connectivity index (χ0v) is 12.0. The van der Waals surface area contributed by atoms with Crippen LogP contribution in [0.3, 0.4) is 0 Å². The molecule has 1 atom stereocenters. The van der Waals surface area contributed by atoms with Crippen molar-refractivity contribution >= 4 is 34.8 Å². The molecule has 1 nitrogen and oxygen atoms in total. The summed E-state index contributed by atoms with van der Waals surface area (Å²) in [4.78, 5) is 0. The van der Waals surface area contributed by atoms with Crippen LogP contribution in [-0.4, -0.2) is 0 Å². The van der Waals surface area contributed by atoms with Crippen LogP contribution in [0, 0.1) is 11.3 Å². The maximum absolute atomic E-state index is 9.33. The molecule has 0 heterocycles. The molecule has 0 saturated heterocycles. The number of halogens is 3. The summed E-state index contributed by atoms with van der Waals surface area (Å²) in [6.07, 6.45) is 0.635. The van der Waals surface area contributed by atoms with E-state index in [1.165, 1.54) is 0 Å². The molecule has 0 bridgehead atoms. The van der Waals surface area contributed by atoms with Crippen LogP contribution in [0.4, 0.5) is 0 Å². The average Bonchev–Trinajstić information content (AvgIpc) is 2.39. The quantitative estimate of drug-likeness (QED) is 0.632. The van der Waals surface area contributed by atoms with Crippen LogP contribution in [0.2, 0.25) is 15.1 Å². The Kier molecular flexibility index (Phi) is 3.19. The first-order valence-electron chi connectivity index (χ1n) is 5.77. The van der Waals surface area contributed by atoms with E-state index < -0.39 is 0 Å². The molecule has 19 heavy (non-hydrogen) atoms. The summed E-state index contributed by atoms with van der Waals surface area (Å²) in [6, 6.07) is 11.7. The molecule has 2 aromatic rings. The van der Waals surface area contributed by atoms with Crippen molar-refractivity contribution in [2.75, 3.05) is 0 Å². The molecule has 94 valence electrons. The van der Waals surface area contributed by atoms with Crippen LogP contribution in [0.5, 0.6) is 0 Å². The van der Waals surface area contributed by atoms with E-state index in [4.69, 9.17) is 34.8 Å². The Morgan fingerprint density at radius 2 is 1.74 bits per heavy atom. The number of fused-ring (bicyclic) bond motifs is 3. The molecule has 0 radical (unpaired) electrons. The Morgan fingerprint density at radius 1 is 1.00 bits per heavy atom. The van der Waals surface area contributed by atoms with Gasteiger partial charge in [-0.3, -0.25) is 0 Å². The van der Waals surface area contributed by atoms with Crippen molar-refractivity contribution in [3.63, 3.8) is 0 Å². The van der Waals surface area contributed by atoms with E-state index in [1.807, 2.05) is 30.3 Å². The van der Waals surface area contributed by atoms with Crippen molar-refractivity contribution in [2.45, 2.75) is 12.3 Å². The highest BCUT2D eigenvalue weighted by Gasteiger charge is 2.25. The molecule has 0 fully saturated rings. The monoisotopic (exact) mass is 307 g/mol. The molecule has 0 spiro atoms. The number of rotatable bonds is 0. The summed E-state index contributed by atoms with van der Waals surface area (Å²) in [5.74, 6) is -0.196. The minimum Gasteiger partial charge on any atom is -0.198 e.